The zero-order valence-corrected chi connectivity index (χ0v) is 27.2. The van der Waals surface area contributed by atoms with Gasteiger partial charge in [-0.3, -0.25) is 14.5 Å². The minimum absolute atomic E-state index is 0.0827. The molecule has 0 N–H and O–H groups in total. The fourth-order valence-corrected chi connectivity index (χ4v) is 6.04. The Morgan fingerprint density at radius 3 is 1.36 bits per heavy atom. The second-order valence-corrected chi connectivity index (χ2v) is 14.2. The van der Waals surface area contributed by atoms with Gasteiger partial charge in [-0.05, 0) is 64.5 Å². The first-order chi connectivity index (χ1) is 21.4. The highest BCUT2D eigenvalue weighted by Crippen LogP contribution is 2.36. The number of hydrogen-bond donors (Lipinski definition) is 0. The monoisotopic (exact) mass is 598 g/mol. The highest BCUT2D eigenvalue weighted by molar-refractivity contribution is 6.21. The highest BCUT2D eigenvalue weighted by Gasteiger charge is 2.34. The minimum atomic E-state index is -0.193. The molecule has 0 aliphatic carbocycles. The molecule has 5 aromatic rings. The van der Waals surface area contributed by atoms with Gasteiger partial charge in [-0.1, -0.05) is 114 Å². The predicted molar refractivity (Wildman–Crippen MR) is 181 cm³/mol. The van der Waals surface area contributed by atoms with Crippen LogP contribution in [0.25, 0.3) is 33.3 Å². The van der Waals surface area contributed by atoms with Crippen LogP contribution in [0.3, 0.4) is 0 Å². The quantitative estimate of drug-likeness (QED) is 0.132. The molecule has 6 nitrogen and oxygen atoms in total. The number of rotatable bonds is 8. The smallest absolute Gasteiger partial charge is 0.261 e. The summed E-state index contributed by atoms with van der Waals surface area (Å²) >= 11 is 0. The van der Waals surface area contributed by atoms with E-state index in [0.717, 1.165) is 52.5 Å². The number of carbonyl (C=O) groups is 2. The summed E-state index contributed by atoms with van der Waals surface area (Å²) in [6.07, 6.45) is 2.44. The molecule has 0 saturated carbocycles. The molecule has 2 heterocycles. The van der Waals surface area contributed by atoms with Crippen molar-refractivity contribution in [3.05, 3.63) is 107 Å². The largest absolute Gasteiger partial charge is 0.274 e. The van der Waals surface area contributed by atoms with Crippen molar-refractivity contribution in [2.24, 2.45) is 0 Å². The Morgan fingerprint density at radius 2 is 0.933 bits per heavy atom. The molecule has 0 bridgehead atoms. The Kier molecular flexibility index (Phi) is 7.94. The predicted octanol–water partition coefficient (Wildman–Crippen LogP) is 8.83. The zero-order valence-electron chi connectivity index (χ0n) is 27.2. The number of unbranched alkanes of at least 4 members (excludes halogenated alkanes) is 2. The molecular weight excluding hydrogens is 556 g/mol. The van der Waals surface area contributed by atoms with E-state index in [1.54, 1.807) is 24.3 Å². The van der Waals surface area contributed by atoms with Gasteiger partial charge in [-0.2, -0.15) is 15.0 Å². The lowest BCUT2D eigenvalue weighted by Gasteiger charge is -2.19. The van der Waals surface area contributed by atoms with E-state index in [1.807, 2.05) is 4.80 Å². The molecule has 0 saturated heterocycles. The number of imide groups is 1. The van der Waals surface area contributed by atoms with Crippen LogP contribution in [0.15, 0.2) is 84.9 Å². The first-order valence-electron chi connectivity index (χ1n) is 16.0. The van der Waals surface area contributed by atoms with Crippen LogP contribution in [-0.2, 0) is 17.4 Å². The number of fused-ring (bicyclic) bond motifs is 2. The van der Waals surface area contributed by atoms with Crippen LogP contribution in [-0.4, -0.2) is 38.3 Å². The molecule has 0 radical (unpaired) electrons. The zero-order chi connectivity index (χ0) is 31.9. The van der Waals surface area contributed by atoms with E-state index in [0.29, 0.717) is 24.2 Å². The summed E-state index contributed by atoms with van der Waals surface area (Å²) in [5, 5.41) is 10.0. The van der Waals surface area contributed by atoms with Gasteiger partial charge in [0.05, 0.1) is 17.7 Å². The van der Waals surface area contributed by atoms with Crippen LogP contribution in [0.4, 0.5) is 0 Å². The van der Waals surface area contributed by atoms with E-state index in [-0.39, 0.29) is 22.6 Å². The minimum Gasteiger partial charge on any atom is -0.274 e. The Balaban J connectivity index is 1.23. The molecule has 0 unspecified atom stereocenters. The third-order valence-electron chi connectivity index (χ3n) is 8.82. The van der Waals surface area contributed by atoms with Gasteiger partial charge < -0.3 is 0 Å². The summed E-state index contributed by atoms with van der Waals surface area (Å²) in [4.78, 5) is 28.6. The van der Waals surface area contributed by atoms with Gasteiger partial charge in [0.1, 0.15) is 11.0 Å². The Labute approximate surface area is 266 Å². The third-order valence-corrected chi connectivity index (χ3v) is 8.82. The van der Waals surface area contributed by atoms with Crippen molar-refractivity contribution >= 4 is 22.8 Å². The molecule has 1 aliphatic heterocycles. The van der Waals surface area contributed by atoms with Gasteiger partial charge in [0.25, 0.3) is 11.8 Å². The van der Waals surface area contributed by atoms with E-state index in [1.165, 1.54) is 16.0 Å². The fraction of sp³-hybridized carbons (Fsp3) is 0.333. The molecule has 0 fully saturated rings. The second-order valence-electron chi connectivity index (χ2n) is 14.2. The molecule has 6 heteroatoms. The van der Waals surface area contributed by atoms with Gasteiger partial charge in [0.15, 0.2) is 0 Å². The average molecular weight is 599 g/mol. The van der Waals surface area contributed by atoms with Crippen molar-refractivity contribution in [3.8, 4) is 22.3 Å². The molecule has 45 heavy (non-hydrogen) atoms. The molecular formula is C39H42N4O2. The molecule has 1 aromatic heterocycles. The maximum atomic E-state index is 12.7. The number of aromatic nitrogens is 3. The van der Waals surface area contributed by atoms with E-state index in [4.69, 9.17) is 10.2 Å². The van der Waals surface area contributed by atoms with Gasteiger partial charge in [0.2, 0.25) is 0 Å². The van der Waals surface area contributed by atoms with E-state index < -0.39 is 0 Å². The molecule has 0 atom stereocenters. The van der Waals surface area contributed by atoms with E-state index >= 15 is 0 Å². The van der Waals surface area contributed by atoms with Gasteiger partial charge in [-0.25, -0.2) is 0 Å². The van der Waals surface area contributed by atoms with Crippen LogP contribution < -0.4 is 0 Å². The summed E-state index contributed by atoms with van der Waals surface area (Å²) in [6, 6.07) is 29.0. The van der Waals surface area contributed by atoms with Crippen molar-refractivity contribution < 1.29 is 9.59 Å². The van der Waals surface area contributed by atoms with Crippen LogP contribution in [0.5, 0.6) is 0 Å². The molecule has 4 aromatic carbocycles. The lowest BCUT2D eigenvalue weighted by Crippen LogP contribution is -2.30. The first-order valence-corrected chi connectivity index (χ1v) is 16.0. The van der Waals surface area contributed by atoms with Crippen LogP contribution in [0, 0.1) is 0 Å². The van der Waals surface area contributed by atoms with Crippen molar-refractivity contribution in [1.82, 2.24) is 19.9 Å². The van der Waals surface area contributed by atoms with Gasteiger partial charge in [-0.15, -0.1) is 0 Å². The van der Waals surface area contributed by atoms with Gasteiger partial charge >= 0.3 is 0 Å². The van der Waals surface area contributed by atoms with Crippen molar-refractivity contribution in [2.45, 2.75) is 78.2 Å². The molecule has 6 rings (SSSR count). The number of hydrogen-bond acceptors (Lipinski definition) is 4. The number of benzene rings is 4. The number of amides is 2. The van der Waals surface area contributed by atoms with Crippen LogP contribution in [0.2, 0.25) is 0 Å². The maximum absolute atomic E-state index is 12.7. The second kappa shape index (κ2) is 11.7. The standard InChI is InChI=1S/C39H42N4O2/c1-38(2,3)28-18-14-26(15-19-28)30-22-23-31(27-16-20-29(21-17-27)39(4,5)6)35-34(30)40-43(41-35)25-11-7-10-24-42-36(44)32-12-8-9-13-33(32)37(42)45/h8-9,12-23H,7,10-11,24-25H2,1-6H3. The number of carbonyl (C=O) groups excluding carboxylic acids is 2. The highest BCUT2D eigenvalue weighted by atomic mass is 16.2. The van der Waals surface area contributed by atoms with Crippen molar-refractivity contribution in [3.63, 3.8) is 0 Å². The first kappa shape index (κ1) is 30.4. The number of aryl methyl sites for hydroxylation is 1. The normalized spacial score (nSPS) is 13.6. The Bertz CT molecular complexity index is 1740. The Hall–Kier alpha value is -4.58. The lowest BCUT2D eigenvalue weighted by molar-refractivity contribution is 0.0651. The summed E-state index contributed by atoms with van der Waals surface area (Å²) in [5.41, 5.74) is 9.92. The molecule has 2 amide bonds. The lowest BCUT2D eigenvalue weighted by atomic mass is 9.85. The topological polar surface area (TPSA) is 68.1 Å². The van der Waals surface area contributed by atoms with E-state index in [2.05, 4.69) is 102 Å². The van der Waals surface area contributed by atoms with Gasteiger partial charge in [0, 0.05) is 17.7 Å². The summed E-state index contributed by atoms with van der Waals surface area (Å²) in [7, 11) is 0. The third kappa shape index (κ3) is 6.06. The van der Waals surface area contributed by atoms with E-state index in [9.17, 15) is 9.59 Å². The fourth-order valence-electron chi connectivity index (χ4n) is 6.04. The average Bonchev–Trinajstić information content (AvgIpc) is 3.55. The van der Waals surface area contributed by atoms with Crippen molar-refractivity contribution in [1.29, 1.82) is 0 Å². The molecule has 1 aliphatic rings. The van der Waals surface area contributed by atoms with Crippen LogP contribution in [0.1, 0.15) is 92.6 Å². The summed E-state index contributed by atoms with van der Waals surface area (Å²) < 4.78 is 0. The summed E-state index contributed by atoms with van der Waals surface area (Å²) in [6.45, 7) is 14.4. The molecule has 0 spiro atoms. The van der Waals surface area contributed by atoms with Crippen molar-refractivity contribution in [2.75, 3.05) is 6.54 Å². The maximum Gasteiger partial charge on any atom is 0.261 e. The SMILES string of the molecule is CC(C)(C)c1ccc(-c2ccc(-c3ccc(C(C)(C)C)cc3)c3nn(CCCCCN4C(=O)c5ccccc5C4=O)nc23)cc1. The summed E-state index contributed by atoms with van der Waals surface area (Å²) in [5.74, 6) is -0.386. The van der Waals surface area contributed by atoms with Crippen LogP contribution >= 0.6 is 0 Å². The Morgan fingerprint density at radius 1 is 0.511 bits per heavy atom. The molecule has 230 valence electrons. The number of nitrogens with zero attached hydrogens (tertiary/aromatic N) is 4.